The van der Waals surface area contributed by atoms with E-state index in [0.29, 0.717) is 41.2 Å². The number of nitrogens with one attached hydrogen (secondary N) is 2. The fraction of sp³-hybridized carbons (Fsp3) is 0.286. The summed E-state index contributed by atoms with van der Waals surface area (Å²) in [5.41, 5.74) is 15.0. The van der Waals surface area contributed by atoms with Gasteiger partial charge in [0.2, 0.25) is 5.90 Å². The van der Waals surface area contributed by atoms with Crippen LogP contribution in [0.25, 0.3) is 10.4 Å². The number of benzene rings is 3. The molecule has 3 N–H and O–H groups in total. The molecule has 0 saturated carbocycles. The second-order valence-electron chi connectivity index (χ2n) is 8.76. The van der Waals surface area contributed by atoms with Gasteiger partial charge < -0.3 is 14.6 Å². The van der Waals surface area contributed by atoms with Crippen LogP contribution in [0.4, 0.5) is 10.1 Å². The molecule has 10 nitrogen and oxygen atoms in total. The second kappa shape index (κ2) is 13.4. The second-order valence-corrected chi connectivity index (χ2v) is 8.76. The number of amides is 1. The van der Waals surface area contributed by atoms with Crippen molar-refractivity contribution in [3.05, 3.63) is 106 Å². The number of nitrogens with zero attached hydrogens (tertiary/aromatic N) is 4. The number of alkyl halides is 1. The Hall–Kier alpha value is -4.44. The minimum absolute atomic E-state index is 0.0384. The number of hydrazine groups is 1. The van der Waals surface area contributed by atoms with E-state index in [1.807, 2.05) is 30.3 Å². The van der Waals surface area contributed by atoms with Gasteiger partial charge in [-0.05, 0) is 40.9 Å². The van der Waals surface area contributed by atoms with Gasteiger partial charge in [0.25, 0.3) is 5.91 Å². The number of aliphatic imine (C=N–C) groups is 1. The molecule has 0 fully saturated rings. The first-order chi connectivity index (χ1) is 19.1. The SMILES string of the molecule is [N-]=[N+]=Nc1ccccc1C[C@]1(C(=O)NNCCF)N=C(c2ccc(OCCCO)cc2)O[C@H]1c1ccccc1. The van der Waals surface area contributed by atoms with E-state index in [0.717, 1.165) is 0 Å². The number of hydrogen-bond acceptors (Lipinski definition) is 7. The molecule has 1 heterocycles. The zero-order chi connectivity index (χ0) is 27.5. The number of aliphatic hydroxyl groups excluding tert-OH is 1. The average molecular weight is 533 g/mol. The maximum atomic E-state index is 13.9. The van der Waals surface area contributed by atoms with Gasteiger partial charge in [0, 0.05) is 42.2 Å². The molecule has 3 aromatic rings. The lowest BCUT2D eigenvalue weighted by Crippen LogP contribution is -2.54. The lowest BCUT2D eigenvalue weighted by molar-refractivity contribution is -0.130. The van der Waals surface area contributed by atoms with Crippen LogP contribution in [0.15, 0.2) is 89.0 Å². The summed E-state index contributed by atoms with van der Waals surface area (Å²) in [7, 11) is 0. The molecule has 1 amide bonds. The Balaban J connectivity index is 1.79. The Morgan fingerprint density at radius 2 is 1.87 bits per heavy atom. The number of azide groups is 1. The summed E-state index contributed by atoms with van der Waals surface area (Å²) in [5, 5.41) is 12.8. The first-order valence-corrected chi connectivity index (χ1v) is 12.5. The average Bonchev–Trinajstić information content (AvgIpc) is 3.36. The highest BCUT2D eigenvalue weighted by molar-refractivity contribution is 6.01. The molecule has 0 unspecified atom stereocenters. The van der Waals surface area contributed by atoms with E-state index in [-0.39, 0.29) is 25.5 Å². The van der Waals surface area contributed by atoms with E-state index in [1.165, 1.54) is 0 Å². The monoisotopic (exact) mass is 532 g/mol. The molecule has 39 heavy (non-hydrogen) atoms. The van der Waals surface area contributed by atoms with Crippen LogP contribution >= 0.6 is 0 Å². The molecule has 0 aliphatic carbocycles. The van der Waals surface area contributed by atoms with Crippen molar-refractivity contribution in [1.82, 2.24) is 10.9 Å². The number of ether oxygens (including phenoxy) is 2. The van der Waals surface area contributed by atoms with Gasteiger partial charge in [0.1, 0.15) is 12.4 Å². The van der Waals surface area contributed by atoms with E-state index < -0.39 is 24.2 Å². The van der Waals surface area contributed by atoms with Gasteiger partial charge in [0.15, 0.2) is 11.6 Å². The maximum absolute atomic E-state index is 13.9. The van der Waals surface area contributed by atoms with Gasteiger partial charge in [-0.1, -0.05) is 59.7 Å². The van der Waals surface area contributed by atoms with Crippen LogP contribution in [0.2, 0.25) is 0 Å². The highest BCUT2D eigenvalue weighted by Crippen LogP contribution is 2.43. The van der Waals surface area contributed by atoms with E-state index in [2.05, 4.69) is 20.9 Å². The Morgan fingerprint density at radius 1 is 1.13 bits per heavy atom. The first-order valence-electron chi connectivity index (χ1n) is 12.5. The maximum Gasteiger partial charge on any atom is 0.266 e. The van der Waals surface area contributed by atoms with E-state index in [9.17, 15) is 9.18 Å². The molecule has 0 saturated heterocycles. The van der Waals surface area contributed by atoms with Crippen molar-refractivity contribution < 1.29 is 23.8 Å². The number of aliphatic hydroxyl groups is 1. The molecule has 2 atom stereocenters. The molecule has 0 bridgehead atoms. The number of halogens is 1. The van der Waals surface area contributed by atoms with Crippen LogP contribution < -0.4 is 15.6 Å². The van der Waals surface area contributed by atoms with Crippen molar-refractivity contribution in [2.24, 2.45) is 10.1 Å². The van der Waals surface area contributed by atoms with Crippen molar-refractivity contribution in [3.63, 3.8) is 0 Å². The lowest BCUT2D eigenvalue weighted by atomic mass is 9.81. The number of carbonyl (C=O) groups is 1. The standard InChI is InChI=1S/C28H29FN6O4/c29-15-16-31-34-27(37)28(19-22-9-4-5-10-24(22)33-35-30)25(20-7-2-1-3-8-20)39-26(32-28)21-11-13-23(14-12-21)38-18-6-17-36/h1-5,7-14,25,31,36H,6,15-19H2,(H,34,37)/t25-,28-/m0/s1. The summed E-state index contributed by atoms with van der Waals surface area (Å²) >= 11 is 0. The minimum Gasteiger partial charge on any atom is -0.494 e. The Labute approximate surface area is 225 Å². The van der Waals surface area contributed by atoms with Crippen LogP contribution in [0.1, 0.15) is 29.2 Å². The van der Waals surface area contributed by atoms with Gasteiger partial charge in [-0.25, -0.2) is 14.8 Å². The van der Waals surface area contributed by atoms with Crippen LogP contribution in [0.3, 0.4) is 0 Å². The van der Waals surface area contributed by atoms with Crippen molar-refractivity contribution in [2.75, 3.05) is 26.4 Å². The third-order valence-corrected chi connectivity index (χ3v) is 6.16. The molecule has 202 valence electrons. The number of carbonyl (C=O) groups excluding carboxylic acids is 1. The molecule has 11 heteroatoms. The zero-order valence-corrected chi connectivity index (χ0v) is 21.2. The smallest absolute Gasteiger partial charge is 0.266 e. The Morgan fingerprint density at radius 3 is 2.59 bits per heavy atom. The molecule has 3 aromatic carbocycles. The molecule has 0 spiro atoms. The molecule has 1 aliphatic heterocycles. The Bertz CT molecular complexity index is 1330. The van der Waals surface area contributed by atoms with E-state index in [1.54, 1.807) is 48.5 Å². The molecule has 0 radical (unpaired) electrons. The summed E-state index contributed by atoms with van der Waals surface area (Å²) < 4.78 is 24.8. The summed E-state index contributed by atoms with van der Waals surface area (Å²) in [5.74, 6) is 0.334. The Kier molecular flexibility index (Phi) is 9.47. The fourth-order valence-electron chi connectivity index (χ4n) is 4.30. The zero-order valence-electron chi connectivity index (χ0n) is 21.2. The minimum atomic E-state index is -1.53. The highest BCUT2D eigenvalue weighted by Gasteiger charge is 2.53. The molecular formula is C28H29FN6O4. The first kappa shape index (κ1) is 27.6. The van der Waals surface area contributed by atoms with Crippen LogP contribution in [0, 0.1) is 0 Å². The van der Waals surface area contributed by atoms with Gasteiger partial charge in [-0.3, -0.25) is 10.2 Å². The van der Waals surface area contributed by atoms with Crippen molar-refractivity contribution in [1.29, 1.82) is 0 Å². The van der Waals surface area contributed by atoms with Gasteiger partial charge >= 0.3 is 0 Å². The summed E-state index contributed by atoms with van der Waals surface area (Å²) in [6, 6.07) is 23.3. The fourth-order valence-corrected chi connectivity index (χ4v) is 4.30. The topological polar surface area (TPSA) is 141 Å². The highest BCUT2D eigenvalue weighted by atomic mass is 19.1. The van der Waals surface area contributed by atoms with E-state index in [4.69, 9.17) is 25.1 Å². The van der Waals surface area contributed by atoms with E-state index >= 15 is 0 Å². The summed E-state index contributed by atoms with van der Waals surface area (Å²) in [4.78, 5) is 21.6. The predicted octanol–water partition coefficient (Wildman–Crippen LogP) is 4.48. The van der Waals surface area contributed by atoms with Crippen molar-refractivity contribution in [3.8, 4) is 5.75 Å². The van der Waals surface area contributed by atoms with Crippen LogP contribution in [0.5, 0.6) is 5.75 Å². The van der Waals surface area contributed by atoms with Crippen molar-refractivity contribution >= 4 is 17.5 Å². The summed E-state index contributed by atoms with van der Waals surface area (Å²) in [6.45, 7) is -0.338. The molecular weight excluding hydrogens is 503 g/mol. The number of rotatable bonds is 13. The van der Waals surface area contributed by atoms with Gasteiger partial charge in [-0.2, -0.15) is 0 Å². The third kappa shape index (κ3) is 6.53. The molecule has 4 rings (SSSR count). The van der Waals surface area contributed by atoms with Gasteiger partial charge in [-0.15, -0.1) is 0 Å². The third-order valence-electron chi connectivity index (χ3n) is 6.16. The lowest BCUT2D eigenvalue weighted by Gasteiger charge is -2.31. The van der Waals surface area contributed by atoms with Crippen molar-refractivity contribution in [2.45, 2.75) is 24.5 Å². The van der Waals surface area contributed by atoms with Crippen LogP contribution in [-0.2, 0) is 16.0 Å². The number of hydrogen-bond donors (Lipinski definition) is 3. The van der Waals surface area contributed by atoms with Gasteiger partial charge in [0.05, 0.1) is 6.61 Å². The quantitative estimate of drug-likeness (QED) is 0.0979. The van der Waals surface area contributed by atoms with Crippen LogP contribution in [-0.4, -0.2) is 48.9 Å². The normalized spacial score (nSPS) is 18.0. The summed E-state index contributed by atoms with van der Waals surface area (Å²) in [6.07, 6.45) is -0.293. The molecule has 1 aliphatic rings. The largest absolute Gasteiger partial charge is 0.494 e. The molecule has 0 aromatic heterocycles. The predicted molar refractivity (Wildman–Crippen MR) is 144 cm³/mol.